The summed E-state index contributed by atoms with van der Waals surface area (Å²) in [6.07, 6.45) is 0.918. The second-order valence-corrected chi connectivity index (χ2v) is 11.5. The minimum Gasteiger partial charge on any atom is -0.484 e. The van der Waals surface area contributed by atoms with Gasteiger partial charge in [-0.2, -0.15) is 0 Å². The second-order valence-electron chi connectivity index (χ2n) is 8.93. The Labute approximate surface area is 228 Å². The molecule has 0 radical (unpaired) electrons. The van der Waals surface area contributed by atoms with Crippen LogP contribution in [0.5, 0.6) is 5.75 Å². The van der Waals surface area contributed by atoms with E-state index < -0.39 is 0 Å². The molecule has 2 aromatic heterocycles. The molecule has 186 valence electrons. The van der Waals surface area contributed by atoms with Crippen molar-refractivity contribution < 1.29 is 9.53 Å². The van der Waals surface area contributed by atoms with Crippen LogP contribution in [0.3, 0.4) is 0 Å². The lowest BCUT2D eigenvalue weighted by Crippen LogP contribution is -2.29. The van der Waals surface area contributed by atoms with Crippen molar-refractivity contribution in [1.29, 1.82) is 0 Å². The van der Waals surface area contributed by atoms with E-state index in [0.717, 1.165) is 51.8 Å². The fourth-order valence-corrected chi connectivity index (χ4v) is 7.11. The van der Waals surface area contributed by atoms with Gasteiger partial charge >= 0.3 is 0 Å². The van der Waals surface area contributed by atoms with Gasteiger partial charge in [0.1, 0.15) is 15.8 Å². The molecule has 0 atom stereocenters. The zero-order chi connectivity index (χ0) is 25.2. The van der Waals surface area contributed by atoms with E-state index in [4.69, 9.17) is 21.3 Å². The van der Waals surface area contributed by atoms with Crippen LogP contribution < -0.4 is 10.1 Å². The van der Waals surface area contributed by atoms with Crippen molar-refractivity contribution in [2.24, 2.45) is 0 Å². The van der Waals surface area contributed by atoms with Crippen LogP contribution >= 0.6 is 34.3 Å². The minimum absolute atomic E-state index is 0.0797. The number of amides is 1. The number of carbonyl (C=O) groups excluding carboxylic acids is 1. The molecule has 0 saturated carbocycles. The van der Waals surface area contributed by atoms with Gasteiger partial charge in [0, 0.05) is 35.1 Å². The van der Waals surface area contributed by atoms with Crippen LogP contribution in [0.15, 0.2) is 78.9 Å². The van der Waals surface area contributed by atoms with E-state index in [-0.39, 0.29) is 12.5 Å². The maximum atomic E-state index is 12.9. The Hall–Kier alpha value is -3.23. The molecule has 1 aliphatic heterocycles. The molecule has 0 saturated heterocycles. The molecule has 0 unspecified atom stereocenters. The molecule has 1 aliphatic rings. The maximum absolute atomic E-state index is 12.9. The molecule has 3 aromatic carbocycles. The highest BCUT2D eigenvalue weighted by Gasteiger charge is 2.28. The summed E-state index contributed by atoms with van der Waals surface area (Å²) in [6, 6.07) is 25.7. The summed E-state index contributed by atoms with van der Waals surface area (Å²) in [7, 11) is 0. The average Bonchev–Trinajstić information content (AvgIpc) is 3.49. The second kappa shape index (κ2) is 10.6. The topological polar surface area (TPSA) is 54.5 Å². The fraction of sp³-hybridized carbons (Fsp3) is 0.172. The lowest BCUT2D eigenvalue weighted by Gasteiger charge is -2.27. The number of para-hydroxylation sites is 1. The number of aromatic nitrogens is 1. The fourth-order valence-electron chi connectivity index (χ4n) is 4.57. The number of halogens is 1. The molecule has 1 amide bonds. The van der Waals surface area contributed by atoms with Gasteiger partial charge in [0.2, 0.25) is 0 Å². The number of thiophene rings is 1. The number of fused-ring (bicyclic) bond motifs is 2. The molecule has 0 bridgehead atoms. The summed E-state index contributed by atoms with van der Waals surface area (Å²) in [5.41, 5.74) is 4.64. The molecule has 0 spiro atoms. The summed E-state index contributed by atoms with van der Waals surface area (Å²) in [6.45, 7) is 2.64. The summed E-state index contributed by atoms with van der Waals surface area (Å²) in [5.74, 6) is 0.407. The number of nitrogens with zero attached hydrogens (tertiary/aromatic N) is 2. The van der Waals surface area contributed by atoms with Crippen LogP contribution in [0.25, 0.3) is 20.8 Å². The zero-order valence-electron chi connectivity index (χ0n) is 19.9. The molecule has 0 fully saturated rings. The monoisotopic (exact) mass is 545 g/mol. The molecule has 1 N–H and O–H groups in total. The Balaban J connectivity index is 1.27. The number of anilines is 1. The molecule has 8 heteroatoms. The van der Waals surface area contributed by atoms with E-state index in [0.29, 0.717) is 10.8 Å². The Morgan fingerprint density at radius 2 is 1.78 bits per heavy atom. The Kier molecular flexibility index (Phi) is 6.93. The third-order valence-corrected chi connectivity index (χ3v) is 8.77. The number of thiazole rings is 1. The summed E-state index contributed by atoms with van der Waals surface area (Å²) in [4.78, 5) is 21.6. The maximum Gasteiger partial charge on any atom is 0.262 e. The minimum atomic E-state index is -0.197. The molecule has 6 rings (SSSR count). The van der Waals surface area contributed by atoms with E-state index in [1.807, 2.05) is 24.3 Å². The summed E-state index contributed by atoms with van der Waals surface area (Å²) < 4.78 is 6.83. The third kappa shape index (κ3) is 5.40. The molecule has 0 aliphatic carbocycles. The van der Waals surface area contributed by atoms with E-state index >= 15 is 0 Å². The SMILES string of the molecule is O=C(COc1ccc(Cl)cc1)Nc1sc2c(c1-c1nc3ccccc3s1)CCN(Cc1ccccc1)C2. The number of ether oxygens (including phenoxy) is 1. The normalized spacial score (nSPS) is 13.4. The Morgan fingerprint density at radius 1 is 1.00 bits per heavy atom. The predicted octanol–water partition coefficient (Wildman–Crippen LogP) is 7.25. The van der Waals surface area contributed by atoms with Crippen LogP contribution in [0.2, 0.25) is 5.02 Å². The zero-order valence-corrected chi connectivity index (χ0v) is 22.3. The van der Waals surface area contributed by atoms with Gasteiger partial charge in [-0.25, -0.2) is 4.98 Å². The summed E-state index contributed by atoms with van der Waals surface area (Å²) in [5, 5.41) is 5.55. The number of hydrogen-bond acceptors (Lipinski definition) is 6. The highest BCUT2D eigenvalue weighted by Crippen LogP contribution is 2.45. The number of carbonyl (C=O) groups is 1. The smallest absolute Gasteiger partial charge is 0.262 e. The van der Waals surface area contributed by atoms with Gasteiger partial charge < -0.3 is 10.1 Å². The van der Waals surface area contributed by atoms with Crippen LogP contribution in [0, 0.1) is 0 Å². The first-order valence-electron chi connectivity index (χ1n) is 12.1. The van der Waals surface area contributed by atoms with Crippen molar-refractivity contribution in [3.8, 4) is 16.3 Å². The number of benzene rings is 3. The van der Waals surface area contributed by atoms with Crippen molar-refractivity contribution in [3.05, 3.63) is 99.9 Å². The van der Waals surface area contributed by atoms with Gasteiger partial charge in [0.15, 0.2) is 6.61 Å². The Bertz CT molecular complexity index is 1510. The van der Waals surface area contributed by atoms with Crippen LogP contribution in [-0.2, 0) is 24.3 Å². The van der Waals surface area contributed by atoms with E-state index in [2.05, 4.69) is 40.5 Å². The molecule has 3 heterocycles. The van der Waals surface area contributed by atoms with Crippen molar-refractivity contribution >= 4 is 55.4 Å². The van der Waals surface area contributed by atoms with Crippen LogP contribution in [-0.4, -0.2) is 28.9 Å². The first-order chi connectivity index (χ1) is 18.1. The highest BCUT2D eigenvalue weighted by atomic mass is 35.5. The van der Waals surface area contributed by atoms with Crippen molar-refractivity contribution in [3.63, 3.8) is 0 Å². The predicted molar refractivity (Wildman–Crippen MR) is 153 cm³/mol. The molecular formula is C29H24ClN3O2S2. The number of nitrogens with one attached hydrogen (secondary N) is 1. The Morgan fingerprint density at radius 3 is 2.59 bits per heavy atom. The molecule has 5 aromatic rings. The highest BCUT2D eigenvalue weighted by molar-refractivity contribution is 7.22. The van der Waals surface area contributed by atoms with Crippen molar-refractivity contribution in [1.82, 2.24) is 9.88 Å². The van der Waals surface area contributed by atoms with E-state index in [1.165, 1.54) is 16.0 Å². The van der Waals surface area contributed by atoms with Crippen LogP contribution in [0.4, 0.5) is 5.00 Å². The van der Waals surface area contributed by atoms with Gasteiger partial charge in [-0.1, -0.05) is 54.1 Å². The van der Waals surface area contributed by atoms with E-state index in [1.54, 1.807) is 46.9 Å². The van der Waals surface area contributed by atoms with Crippen molar-refractivity contribution in [2.45, 2.75) is 19.5 Å². The number of hydrogen-bond donors (Lipinski definition) is 1. The number of rotatable bonds is 7. The molecule has 5 nitrogen and oxygen atoms in total. The average molecular weight is 546 g/mol. The van der Waals surface area contributed by atoms with Gasteiger partial charge in [-0.3, -0.25) is 9.69 Å². The summed E-state index contributed by atoms with van der Waals surface area (Å²) >= 11 is 9.27. The quantitative estimate of drug-likeness (QED) is 0.234. The molecular weight excluding hydrogens is 522 g/mol. The standard InChI is InChI=1S/C29H24ClN3O2S2/c30-20-10-12-21(13-11-20)35-18-26(34)32-29-27(28-31-23-8-4-5-9-24(23)36-28)22-14-15-33(17-25(22)37-29)16-19-6-2-1-3-7-19/h1-13H,14-18H2,(H,32,34). The van der Waals surface area contributed by atoms with Gasteiger partial charge in [0.25, 0.3) is 5.91 Å². The lowest BCUT2D eigenvalue weighted by atomic mass is 10.0. The molecule has 37 heavy (non-hydrogen) atoms. The first kappa shape index (κ1) is 24.1. The lowest BCUT2D eigenvalue weighted by molar-refractivity contribution is -0.118. The first-order valence-corrected chi connectivity index (χ1v) is 14.1. The van der Waals surface area contributed by atoms with Gasteiger partial charge in [0.05, 0.1) is 10.2 Å². The van der Waals surface area contributed by atoms with Crippen LogP contribution in [0.1, 0.15) is 16.0 Å². The van der Waals surface area contributed by atoms with Gasteiger partial charge in [-0.05, 0) is 53.9 Å². The van der Waals surface area contributed by atoms with Gasteiger partial charge in [-0.15, -0.1) is 22.7 Å². The third-order valence-electron chi connectivity index (χ3n) is 6.33. The largest absolute Gasteiger partial charge is 0.484 e. The van der Waals surface area contributed by atoms with E-state index in [9.17, 15) is 4.79 Å². The van der Waals surface area contributed by atoms with Crippen molar-refractivity contribution in [2.75, 3.05) is 18.5 Å².